The number of nitrogens with zero attached hydrogens (tertiary/aromatic N) is 3. The van der Waals surface area contributed by atoms with E-state index in [1.54, 1.807) is 17.8 Å². The van der Waals surface area contributed by atoms with Crippen molar-refractivity contribution in [3.05, 3.63) is 29.4 Å². The highest BCUT2D eigenvalue weighted by atomic mass is 32.2. The van der Waals surface area contributed by atoms with Crippen molar-refractivity contribution in [3.63, 3.8) is 0 Å². The molecule has 1 N–H and O–H groups in total. The van der Waals surface area contributed by atoms with E-state index in [4.69, 9.17) is 4.52 Å². The Labute approximate surface area is 120 Å². The SMILES string of the molecule is CC(C)c1cc(C(=O)NCc2cn3c(n2)SCC3)no1. The lowest BCUT2D eigenvalue weighted by molar-refractivity contribution is 0.0941. The summed E-state index contributed by atoms with van der Waals surface area (Å²) in [5, 5.41) is 7.62. The summed E-state index contributed by atoms with van der Waals surface area (Å²) in [6.45, 7) is 5.38. The minimum Gasteiger partial charge on any atom is -0.360 e. The van der Waals surface area contributed by atoms with Crippen LogP contribution in [0.25, 0.3) is 0 Å². The van der Waals surface area contributed by atoms with Crippen LogP contribution in [-0.2, 0) is 13.1 Å². The standard InChI is InChI=1S/C13H16N4O2S/c1-8(2)11-5-10(16-19-11)12(18)14-6-9-7-17-3-4-20-13(17)15-9/h5,7-8H,3-4,6H2,1-2H3,(H,14,18). The molecule has 1 aliphatic rings. The highest BCUT2D eigenvalue weighted by molar-refractivity contribution is 7.99. The molecule has 3 heterocycles. The Hall–Kier alpha value is -1.76. The molecule has 7 heteroatoms. The van der Waals surface area contributed by atoms with Crippen LogP contribution in [0.5, 0.6) is 0 Å². The number of hydrogen-bond donors (Lipinski definition) is 1. The summed E-state index contributed by atoms with van der Waals surface area (Å²) in [5.74, 6) is 1.78. The van der Waals surface area contributed by atoms with E-state index in [1.165, 1.54) is 0 Å². The summed E-state index contributed by atoms with van der Waals surface area (Å²) < 4.78 is 7.23. The molecule has 0 saturated carbocycles. The van der Waals surface area contributed by atoms with Gasteiger partial charge < -0.3 is 14.4 Å². The molecule has 0 atom stereocenters. The molecule has 0 unspecified atom stereocenters. The molecule has 3 rings (SSSR count). The van der Waals surface area contributed by atoms with Crippen molar-refractivity contribution in [3.8, 4) is 0 Å². The minimum atomic E-state index is -0.235. The van der Waals surface area contributed by atoms with Crippen molar-refractivity contribution in [2.45, 2.75) is 38.0 Å². The Kier molecular flexibility index (Phi) is 3.52. The van der Waals surface area contributed by atoms with Gasteiger partial charge in [-0.25, -0.2) is 4.98 Å². The lowest BCUT2D eigenvalue weighted by atomic mass is 10.1. The lowest BCUT2D eigenvalue weighted by Crippen LogP contribution is -2.23. The van der Waals surface area contributed by atoms with Gasteiger partial charge in [0.05, 0.1) is 12.2 Å². The number of hydrogen-bond acceptors (Lipinski definition) is 5. The van der Waals surface area contributed by atoms with E-state index in [-0.39, 0.29) is 11.8 Å². The van der Waals surface area contributed by atoms with Gasteiger partial charge in [-0.15, -0.1) is 0 Å². The van der Waals surface area contributed by atoms with Gasteiger partial charge >= 0.3 is 0 Å². The van der Waals surface area contributed by atoms with Crippen molar-refractivity contribution < 1.29 is 9.32 Å². The summed E-state index contributed by atoms with van der Waals surface area (Å²) in [6, 6.07) is 1.68. The summed E-state index contributed by atoms with van der Waals surface area (Å²) in [6.07, 6.45) is 1.98. The second kappa shape index (κ2) is 5.32. The minimum absolute atomic E-state index is 0.220. The van der Waals surface area contributed by atoms with Crippen molar-refractivity contribution in [2.24, 2.45) is 0 Å². The van der Waals surface area contributed by atoms with Crippen LogP contribution in [0.1, 0.15) is 41.7 Å². The summed E-state index contributed by atoms with van der Waals surface area (Å²) in [5.41, 5.74) is 1.18. The molecule has 0 aliphatic carbocycles. The molecule has 0 fully saturated rings. The van der Waals surface area contributed by atoms with Gasteiger partial charge in [0.1, 0.15) is 5.76 Å². The zero-order valence-corrected chi connectivity index (χ0v) is 12.2. The molecule has 0 spiro atoms. The van der Waals surface area contributed by atoms with E-state index >= 15 is 0 Å². The number of nitrogens with one attached hydrogen (secondary N) is 1. The third kappa shape index (κ3) is 2.58. The number of amides is 1. The van der Waals surface area contributed by atoms with Gasteiger partial charge in [-0.05, 0) is 0 Å². The van der Waals surface area contributed by atoms with E-state index in [9.17, 15) is 4.79 Å². The van der Waals surface area contributed by atoms with Crippen LogP contribution >= 0.6 is 11.8 Å². The third-order valence-corrected chi connectivity index (χ3v) is 4.08. The number of aryl methyl sites for hydroxylation is 1. The Morgan fingerprint density at radius 3 is 3.15 bits per heavy atom. The monoisotopic (exact) mass is 292 g/mol. The first-order chi connectivity index (χ1) is 9.63. The largest absolute Gasteiger partial charge is 0.360 e. The first-order valence-corrected chi connectivity index (χ1v) is 7.55. The molecule has 2 aromatic rings. The van der Waals surface area contributed by atoms with E-state index in [0.717, 1.165) is 23.1 Å². The molecular formula is C13H16N4O2S. The number of carbonyl (C=O) groups excluding carboxylic acids is 1. The fraction of sp³-hybridized carbons (Fsp3) is 0.462. The molecule has 0 aromatic carbocycles. The molecule has 0 radical (unpaired) electrons. The summed E-state index contributed by atoms with van der Waals surface area (Å²) in [4.78, 5) is 16.4. The van der Waals surface area contributed by atoms with Crippen molar-refractivity contribution in [2.75, 3.05) is 5.75 Å². The van der Waals surface area contributed by atoms with Gasteiger partial charge in [0, 0.05) is 30.5 Å². The normalized spacial score (nSPS) is 13.8. The number of imidazole rings is 1. The number of rotatable bonds is 4. The Bertz CT molecular complexity index is 611. The van der Waals surface area contributed by atoms with Gasteiger partial charge in [-0.1, -0.05) is 30.8 Å². The molecule has 20 heavy (non-hydrogen) atoms. The van der Waals surface area contributed by atoms with E-state index < -0.39 is 0 Å². The molecule has 0 saturated heterocycles. The van der Waals surface area contributed by atoms with Crippen molar-refractivity contribution in [1.82, 2.24) is 20.0 Å². The molecule has 1 aliphatic heterocycles. The van der Waals surface area contributed by atoms with E-state index in [2.05, 4.69) is 20.0 Å². The van der Waals surface area contributed by atoms with Crippen LogP contribution in [0.15, 0.2) is 21.9 Å². The quantitative estimate of drug-likeness (QED) is 0.933. The van der Waals surface area contributed by atoms with Crippen LogP contribution < -0.4 is 5.32 Å². The van der Waals surface area contributed by atoms with Gasteiger partial charge in [-0.3, -0.25) is 4.79 Å². The van der Waals surface area contributed by atoms with Crippen LogP contribution in [0, 0.1) is 0 Å². The predicted molar refractivity (Wildman–Crippen MR) is 74.7 cm³/mol. The highest BCUT2D eigenvalue weighted by Crippen LogP contribution is 2.24. The molecule has 6 nitrogen and oxygen atoms in total. The van der Waals surface area contributed by atoms with Crippen LogP contribution in [-0.4, -0.2) is 26.4 Å². The number of thioether (sulfide) groups is 1. The Balaban J connectivity index is 1.60. The summed E-state index contributed by atoms with van der Waals surface area (Å²) >= 11 is 1.74. The van der Waals surface area contributed by atoms with Crippen molar-refractivity contribution in [1.29, 1.82) is 0 Å². The lowest BCUT2D eigenvalue weighted by Gasteiger charge is -1.99. The molecule has 1 amide bonds. The zero-order chi connectivity index (χ0) is 14.1. The van der Waals surface area contributed by atoms with E-state index in [0.29, 0.717) is 18.0 Å². The predicted octanol–water partition coefficient (Wildman–Crippen LogP) is 2.03. The topological polar surface area (TPSA) is 73.0 Å². The fourth-order valence-electron chi connectivity index (χ4n) is 1.98. The van der Waals surface area contributed by atoms with Crippen LogP contribution in [0.4, 0.5) is 0 Å². The number of carbonyl (C=O) groups is 1. The summed E-state index contributed by atoms with van der Waals surface area (Å²) in [7, 11) is 0. The molecule has 2 aromatic heterocycles. The van der Waals surface area contributed by atoms with Crippen LogP contribution in [0.3, 0.4) is 0 Å². The fourth-order valence-corrected chi connectivity index (χ4v) is 2.94. The van der Waals surface area contributed by atoms with Gasteiger partial charge in [0.15, 0.2) is 10.9 Å². The molecular weight excluding hydrogens is 276 g/mol. The van der Waals surface area contributed by atoms with Crippen LogP contribution in [0.2, 0.25) is 0 Å². The average Bonchev–Trinajstić information content (AvgIpc) is 3.10. The number of fused-ring (bicyclic) bond motifs is 1. The van der Waals surface area contributed by atoms with Gasteiger partial charge in [0.2, 0.25) is 0 Å². The van der Waals surface area contributed by atoms with Gasteiger partial charge in [-0.2, -0.15) is 0 Å². The molecule has 106 valence electrons. The molecule has 0 bridgehead atoms. The second-order valence-corrected chi connectivity index (χ2v) is 6.07. The van der Waals surface area contributed by atoms with Crippen molar-refractivity contribution >= 4 is 17.7 Å². The smallest absolute Gasteiger partial charge is 0.273 e. The highest BCUT2D eigenvalue weighted by Gasteiger charge is 2.17. The first-order valence-electron chi connectivity index (χ1n) is 6.57. The van der Waals surface area contributed by atoms with E-state index in [1.807, 2.05) is 20.0 Å². The second-order valence-electron chi connectivity index (χ2n) is 5.01. The average molecular weight is 292 g/mol. The first kappa shape index (κ1) is 13.2. The Morgan fingerprint density at radius 2 is 2.45 bits per heavy atom. The third-order valence-electron chi connectivity index (χ3n) is 3.11. The maximum Gasteiger partial charge on any atom is 0.273 e. The number of aromatic nitrogens is 3. The maximum absolute atomic E-state index is 12.0. The zero-order valence-electron chi connectivity index (χ0n) is 11.4. The Morgan fingerprint density at radius 1 is 1.60 bits per heavy atom. The van der Waals surface area contributed by atoms with Gasteiger partial charge in [0.25, 0.3) is 5.91 Å². The maximum atomic E-state index is 12.0.